The summed E-state index contributed by atoms with van der Waals surface area (Å²) in [5, 5.41) is 2.71. The fourth-order valence-electron chi connectivity index (χ4n) is 3.11. The van der Waals surface area contributed by atoms with E-state index >= 15 is 0 Å². The standard InChI is InChI=1S/C16H20N2O2S/c1-16(8-5-9-21-16)11-18-13(19)10-17-15(20)14(18)12-6-3-2-4-7-12/h2-4,6-7,14H,5,8-11H2,1H3,(H,17,20). The van der Waals surface area contributed by atoms with E-state index in [2.05, 4.69) is 12.2 Å². The van der Waals surface area contributed by atoms with Crippen LogP contribution in [0.1, 0.15) is 31.4 Å². The number of thioether (sulfide) groups is 1. The number of carbonyl (C=O) groups is 2. The van der Waals surface area contributed by atoms with Gasteiger partial charge in [0.1, 0.15) is 6.04 Å². The van der Waals surface area contributed by atoms with Crippen molar-refractivity contribution >= 4 is 23.6 Å². The Hall–Kier alpha value is -1.49. The molecule has 2 aliphatic rings. The summed E-state index contributed by atoms with van der Waals surface area (Å²) >= 11 is 1.91. The molecule has 1 N–H and O–H groups in total. The predicted molar refractivity (Wildman–Crippen MR) is 84.0 cm³/mol. The molecule has 21 heavy (non-hydrogen) atoms. The Bertz CT molecular complexity index is 540. The van der Waals surface area contributed by atoms with Gasteiger partial charge in [-0.2, -0.15) is 11.8 Å². The Morgan fingerprint density at radius 1 is 1.33 bits per heavy atom. The first kappa shape index (κ1) is 14.4. The fraction of sp³-hybridized carbons (Fsp3) is 0.500. The van der Waals surface area contributed by atoms with Crippen molar-refractivity contribution in [2.45, 2.75) is 30.6 Å². The second-order valence-electron chi connectivity index (χ2n) is 5.95. The third-order valence-electron chi connectivity index (χ3n) is 4.21. The van der Waals surface area contributed by atoms with Crippen LogP contribution in [0.4, 0.5) is 0 Å². The molecule has 1 aromatic rings. The molecule has 1 aromatic carbocycles. The van der Waals surface area contributed by atoms with Gasteiger partial charge in [0.15, 0.2) is 0 Å². The minimum absolute atomic E-state index is 0.0113. The molecule has 0 aromatic heterocycles. The summed E-state index contributed by atoms with van der Waals surface area (Å²) < 4.78 is 0.0698. The zero-order chi connectivity index (χ0) is 14.9. The summed E-state index contributed by atoms with van der Waals surface area (Å²) in [6, 6.07) is 9.08. The molecule has 0 saturated carbocycles. The van der Waals surface area contributed by atoms with Gasteiger partial charge in [0.25, 0.3) is 0 Å². The highest BCUT2D eigenvalue weighted by Gasteiger charge is 2.41. The van der Waals surface area contributed by atoms with Crippen molar-refractivity contribution in [3.05, 3.63) is 35.9 Å². The van der Waals surface area contributed by atoms with Crippen LogP contribution in [-0.2, 0) is 9.59 Å². The number of hydrogen-bond acceptors (Lipinski definition) is 3. The molecular weight excluding hydrogens is 284 g/mol. The van der Waals surface area contributed by atoms with Crippen LogP contribution >= 0.6 is 11.8 Å². The zero-order valence-corrected chi connectivity index (χ0v) is 13.0. The molecule has 0 radical (unpaired) electrons. The number of nitrogens with one attached hydrogen (secondary N) is 1. The van der Waals surface area contributed by atoms with Crippen molar-refractivity contribution in [1.82, 2.24) is 10.2 Å². The number of nitrogens with zero attached hydrogens (tertiary/aromatic N) is 1. The molecule has 0 spiro atoms. The van der Waals surface area contributed by atoms with E-state index in [0.29, 0.717) is 6.54 Å². The topological polar surface area (TPSA) is 49.4 Å². The fourth-order valence-corrected chi connectivity index (χ4v) is 4.42. The normalized spacial score (nSPS) is 29.6. The van der Waals surface area contributed by atoms with Gasteiger partial charge in [0.05, 0.1) is 6.54 Å². The number of carbonyl (C=O) groups excluding carboxylic acids is 2. The molecule has 2 saturated heterocycles. The van der Waals surface area contributed by atoms with Crippen LogP contribution in [0.15, 0.2) is 30.3 Å². The van der Waals surface area contributed by atoms with Crippen LogP contribution in [-0.4, -0.2) is 40.3 Å². The van der Waals surface area contributed by atoms with Crippen molar-refractivity contribution in [2.75, 3.05) is 18.8 Å². The highest BCUT2D eigenvalue weighted by Crippen LogP contribution is 2.40. The van der Waals surface area contributed by atoms with Crippen molar-refractivity contribution in [3.63, 3.8) is 0 Å². The molecule has 2 aliphatic heterocycles. The maximum atomic E-state index is 12.4. The van der Waals surface area contributed by atoms with Crippen molar-refractivity contribution in [1.29, 1.82) is 0 Å². The van der Waals surface area contributed by atoms with Gasteiger partial charge in [-0.3, -0.25) is 9.59 Å². The minimum atomic E-state index is -0.495. The summed E-state index contributed by atoms with van der Waals surface area (Å²) in [7, 11) is 0. The Kier molecular flexibility index (Phi) is 3.93. The smallest absolute Gasteiger partial charge is 0.247 e. The van der Waals surface area contributed by atoms with Crippen LogP contribution in [0.3, 0.4) is 0 Å². The molecule has 2 heterocycles. The largest absolute Gasteiger partial charge is 0.345 e. The van der Waals surface area contributed by atoms with Gasteiger partial charge in [-0.1, -0.05) is 30.3 Å². The van der Waals surface area contributed by atoms with E-state index in [1.807, 2.05) is 42.1 Å². The Morgan fingerprint density at radius 3 is 2.76 bits per heavy atom. The highest BCUT2D eigenvalue weighted by atomic mass is 32.2. The lowest BCUT2D eigenvalue weighted by atomic mass is 9.98. The summed E-state index contributed by atoms with van der Waals surface area (Å²) in [6.45, 7) is 2.96. The molecule has 2 amide bonds. The monoisotopic (exact) mass is 304 g/mol. The van der Waals surface area contributed by atoms with Gasteiger partial charge in [0, 0.05) is 11.3 Å². The average molecular weight is 304 g/mol. The first-order chi connectivity index (χ1) is 10.1. The lowest BCUT2D eigenvalue weighted by Gasteiger charge is -2.39. The summed E-state index contributed by atoms with van der Waals surface area (Å²) in [6.07, 6.45) is 2.29. The van der Waals surface area contributed by atoms with Crippen LogP contribution in [0.25, 0.3) is 0 Å². The van der Waals surface area contributed by atoms with E-state index in [4.69, 9.17) is 0 Å². The molecule has 112 valence electrons. The van der Waals surface area contributed by atoms with E-state index in [9.17, 15) is 9.59 Å². The second kappa shape index (κ2) is 5.72. The quantitative estimate of drug-likeness (QED) is 0.929. The molecule has 2 unspecified atom stereocenters. The average Bonchev–Trinajstić information content (AvgIpc) is 2.91. The Balaban J connectivity index is 1.89. The molecule has 4 nitrogen and oxygen atoms in total. The molecule has 2 atom stereocenters. The number of piperazine rings is 1. The lowest BCUT2D eigenvalue weighted by molar-refractivity contribution is -0.146. The predicted octanol–water partition coefficient (Wildman–Crippen LogP) is 1.97. The SMILES string of the molecule is CC1(CN2C(=O)CNC(=O)C2c2ccccc2)CCCS1. The van der Waals surface area contributed by atoms with Gasteiger partial charge >= 0.3 is 0 Å². The third-order valence-corrected chi connectivity index (χ3v) is 5.74. The number of hydrogen-bond donors (Lipinski definition) is 1. The van der Waals surface area contributed by atoms with Gasteiger partial charge in [-0.25, -0.2) is 0 Å². The molecule has 3 rings (SSSR count). The highest BCUT2D eigenvalue weighted by molar-refractivity contribution is 8.00. The van der Waals surface area contributed by atoms with Gasteiger partial charge < -0.3 is 10.2 Å². The Morgan fingerprint density at radius 2 is 2.10 bits per heavy atom. The van der Waals surface area contributed by atoms with Crippen LogP contribution in [0, 0.1) is 0 Å². The second-order valence-corrected chi connectivity index (χ2v) is 7.64. The number of amides is 2. The molecular formula is C16H20N2O2S. The van der Waals surface area contributed by atoms with Crippen LogP contribution < -0.4 is 5.32 Å². The maximum absolute atomic E-state index is 12.4. The number of rotatable bonds is 3. The molecule has 0 bridgehead atoms. The van der Waals surface area contributed by atoms with E-state index in [-0.39, 0.29) is 23.1 Å². The van der Waals surface area contributed by atoms with Crippen molar-refractivity contribution < 1.29 is 9.59 Å². The van der Waals surface area contributed by atoms with E-state index in [0.717, 1.165) is 17.7 Å². The van der Waals surface area contributed by atoms with Crippen LogP contribution in [0.5, 0.6) is 0 Å². The molecule has 2 fully saturated rings. The minimum Gasteiger partial charge on any atom is -0.345 e. The van der Waals surface area contributed by atoms with Gasteiger partial charge in [0.2, 0.25) is 11.8 Å². The first-order valence-corrected chi connectivity index (χ1v) is 8.34. The third kappa shape index (κ3) is 2.93. The maximum Gasteiger partial charge on any atom is 0.247 e. The molecule has 5 heteroatoms. The number of benzene rings is 1. The van der Waals surface area contributed by atoms with Crippen molar-refractivity contribution in [2.24, 2.45) is 0 Å². The zero-order valence-electron chi connectivity index (χ0n) is 12.2. The van der Waals surface area contributed by atoms with E-state index < -0.39 is 6.04 Å². The summed E-state index contributed by atoms with van der Waals surface area (Å²) in [4.78, 5) is 26.4. The summed E-state index contributed by atoms with van der Waals surface area (Å²) in [5.74, 6) is 1.07. The first-order valence-electron chi connectivity index (χ1n) is 7.35. The summed E-state index contributed by atoms with van der Waals surface area (Å²) in [5.41, 5.74) is 0.884. The van der Waals surface area contributed by atoms with Gasteiger partial charge in [-0.15, -0.1) is 0 Å². The Labute approximate surface area is 129 Å². The lowest BCUT2D eigenvalue weighted by Crippen LogP contribution is -2.56. The van der Waals surface area contributed by atoms with Gasteiger partial charge in [-0.05, 0) is 31.1 Å². The van der Waals surface area contributed by atoms with E-state index in [1.165, 1.54) is 6.42 Å². The van der Waals surface area contributed by atoms with Crippen LogP contribution in [0.2, 0.25) is 0 Å². The molecule has 0 aliphatic carbocycles. The van der Waals surface area contributed by atoms with E-state index in [1.54, 1.807) is 4.90 Å². The van der Waals surface area contributed by atoms with Crippen molar-refractivity contribution in [3.8, 4) is 0 Å².